The second-order valence-corrected chi connectivity index (χ2v) is 12.1. The van der Waals surface area contributed by atoms with Crippen molar-refractivity contribution in [3.63, 3.8) is 0 Å². The largest absolute Gasteiger partial charge is 0.348 e. The number of fused-ring (bicyclic) bond motifs is 2. The molecule has 3 atom stereocenters. The van der Waals surface area contributed by atoms with Crippen molar-refractivity contribution in [2.45, 2.75) is 109 Å². The van der Waals surface area contributed by atoms with E-state index in [0.29, 0.717) is 29.0 Å². The minimum Gasteiger partial charge on any atom is -0.348 e. The molecule has 1 saturated carbocycles. The fourth-order valence-electron chi connectivity index (χ4n) is 6.68. The van der Waals surface area contributed by atoms with Crippen LogP contribution in [-0.2, 0) is 4.79 Å². The second-order valence-electron chi connectivity index (χ2n) is 11.0. The summed E-state index contributed by atoms with van der Waals surface area (Å²) in [5, 5.41) is 13.0. The predicted octanol–water partition coefficient (Wildman–Crippen LogP) is 5.93. The molecule has 0 radical (unpaired) electrons. The van der Waals surface area contributed by atoms with Gasteiger partial charge in [0.2, 0.25) is 10.9 Å². The summed E-state index contributed by atoms with van der Waals surface area (Å²) in [6, 6.07) is 5.56. The van der Waals surface area contributed by atoms with E-state index in [1.165, 1.54) is 24.2 Å². The molecule has 7 nitrogen and oxygen atoms in total. The van der Waals surface area contributed by atoms with Gasteiger partial charge in [0.1, 0.15) is 11.6 Å². The van der Waals surface area contributed by atoms with Crippen LogP contribution < -0.4 is 5.32 Å². The van der Waals surface area contributed by atoms with Gasteiger partial charge in [-0.05, 0) is 57.9 Å². The molecule has 3 aliphatic rings. The molecule has 2 saturated heterocycles. The monoisotopic (exact) mass is 494 g/mol. The molecule has 2 bridgehead atoms. The van der Waals surface area contributed by atoms with Gasteiger partial charge in [-0.2, -0.15) is 11.3 Å². The number of aryl methyl sites for hydroxylation is 1. The summed E-state index contributed by atoms with van der Waals surface area (Å²) in [7, 11) is 0. The normalized spacial score (nSPS) is 25.7. The van der Waals surface area contributed by atoms with Crippen LogP contribution in [0, 0.1) is 19.4 Å². The van der Waals surface area contributed by atoms with Gasteiger partial charge in [0.25, 0.3) is 0 Å². The van der Waals surface area contributed by atoms with Crippen LogP contribution in [0.2, 0.25) is 0 Å². The van der Waals surface area contributed by atoms with Crippen LogP contribution in [0.3, 0.4) is 0 Å². The van der Waals surface area contributed by atoms with Crippen molar-refractivity contribution in [1.82, 2.24) is 25.0 Å². The van der Waals surface area contributed by atoms with E-state index >= 15 is 0 Å². The number of carbonyl (C=O) groups excluding carboxylic acids is 1. The average Bonchev–Trinajstić information content (AvgIpc) is 3.63. The van der Waals surface area contributed by atoms with Crippen LogP contribution in [0.15, 0.2) is 12.1 Å². The molecule has 3 fully saturated rings. The van der Waals surface area contributed by atoms with Gasteiger partial charge >= 0.3 is 0 Å². The summed E-state index contributed by atoms with van der Waals surface area (Å²) in [5.74, 6) is 2.89. The van der Waals surface area contributed by atoms with Gasteiger partial charge < -0.3 is 9.88 Å². The van der Waals surface area contributed by atoms with Crippen molar-refractivity contribution in [2.24, 2.45) is 5.92 Å². The summed E-state index contributed by atoms with van der Waals surface area (Å²) in [5.41, 5.74) is 0. The van der Waals surface area contributed by atoms with Gasteiger partial charge in [0.05, 0.1) is 12.6 Å². The SMILES string of the molecule is [C-]#[N+]c1ccc([C@H](CCN2C3CCC2CC(n2c(C)nnc2C(C)C)C3)NC(=O)C2CCCC2)s1. The standard InChI is InChI=1S/C27H38N6OS/c1-17(2)26-31-30-18(3)33(26)22-15-20-9-10-21(16-22)32(20)14-13-23(24-11-12-25(28-4)35-24)29-27(34)19-7-5-6-8-19/h11-12,17,19-23H,5-10,13-16H2,1-3H3,(H,29,34)/t20?,21?,22?,23-/m0/s1. The van der Waals surface area contributed by atoms with Gasteiger partial charge in [-0.25, -0.2) is 4.85 Å². The highest BCUT2D eigenvalue weighted by atomic mass is 32.1. The number of hydrogen-bond acceptors (Lipinski definition) is 5. The molecule has 2 aromatic rings. The maximum atomic E-state index is 13.0. The molecule has 2 unspecified atom stereocenters. The number of aromatic nitrogens is 3. The quantitative estimate of drug-likeness (QED) is 0.462. The Morgan fingerprint density at radius 2 is 1.86 bits per heavy atom. The highest BCUT2D eigenvalue weighted by Gasteiger charge is 2.42. The first kappa shape index (κ1) is 24.5. The predicted molar refractivity (Wildman–Crippen MR) is 139 cm³/mol. The average molecular weight is 495 g/mol. The van der Waals surface area contributed by atoms with Crippen molar-refractivity contribution >= 4 is 22.2 Å². The molecule has 5 rings (SSSR count). The lowest BCUT2D eigenvalue weighted by Gasteiger charge is -2.40. The topological polar surface area (TPSA) is 67.4 Å². The Bertz CT molecular complexity index is 1060. The van der Waals surface area contributed by atoms with E-state index in [2.05, 4.69) is 50.6 Å². The molecule has 0 aromatic carbocycles. The van der Waals surface area contributed by atoms with Crippen LogP contribution >= 0.6 is 11.3 Å². The molecule has 188 valence electrons. The molecule has 2 aromatic heterocycles. The lowest BCUT2D eigenvalue weighted by atomic mass is 9.95. The Labute approximate surface area is 213 Å². The first-order chi connectivity index (χ1) is 16.9. The maximum absolute atomic E-state index is 13.0. The van der Waals surface area contributed by atoms with E-state index < -0.39 is 0 Å². The fraction of sp³-hybridized carbons (Fsp3) is 0.704. The molecular weight excluding hydrogens is 456 g/mol. The molecule has 4 heterocycles. The van der Waals surface area contributed by atoms with Gasteiger partial charge in [-0.15, -0.1) is 10.2 Å². The van der Waals surface area contributed by atoms with Crippen LogP contribution in [0.4, 0.5) is 5.00 Å². The first-order valence-electron chi connectivity index (χ1n) is 13.4. The highest BCUT2D eigenvalue weighted by molar-refractivity contribution is 7.16. The van der Waals surface area contributed by atoms with E-state index in [-0.39, 0.29) is 17.9 Å². The molecular formula is C27H38N6OS. The number of thiophene rings is 1. The number of nitrogens with zero attached hydrogens (tertiary/aromatic N) is 5. The molecule has 0 spiro atoms. The molecule has 1 amide bonds. The number of carbonyl (C=O) groups is 1. The number of amides is 1. The third kappa shape index (κ3) is 5.03. The van der Waals surface area contributed by atoms with E-state index in [0.717, 1.165) is 68.0 Å². The summed E-state index contributed by atoms with van der Waals surface area (Å²) < 4.78 is 2.41. The van der Waals surface area contributed by atoms with Crippen LogP contribution in [0.5, 0.6) is 0 Å². The van der Waals surface area contributed by atoms with Crippen LogP contribution in [0.1, 0.15) is 106 Å². The van der Waals surface area contributed by atoms with Crippen molar-refractivity contribution < 1.29 is 4.79 Å². The van der Waals surface area contributed by atoms with Crippen LogP contribution in [0.25, 0.3) is 4.85 Å². The molecule has 2 aliphatic heterocycles. The van der Waals surface area contributed by atoms with E-state index in [9.17, 15) is 4.79 Å². The number of nitrogens with one attached hydrogen (secondary N) is 1. The first-order valence-corrected chi connectivity index (χ1v) is 14.2. The summed E-state index contributed by atoms with van der Waals surface area (Å²) in [6.07, 6.45) is 10.0. The van der Waals surface area contributed by atoms with Crippen LogP contribution in [-0.4, -0.2) is 44.2 Å². The van der Waals surface area contributed by atoms with Gasteiger partial charge in [-0.3, -0.25) is 9.69 Å². The van der Waals surface area contributed by atoms with Crippen molar-refractivity contribution in [2.75, 3.05) is 6.54 Å². The molecule has 8 heteroatoms. The summed E-state index contributed by atoms with van der Waals surface area (Å²) >= 11 is 1.53. The maximum Gasteiger partial charge on any atom is 0.241 e. The lowest BCUT2D eigenvalue weighted by Crippen LogP contribution is -2.45. The Hall–Kier alpha value is -2.24. The highest BCUT2D eigenvalue weighted by Crippen LogP contribution is 2.43. The Balaban J connectivity index is 1.27. The zero-order chi connectivity index (χ0) is 24.5. The lowest BCUT2D eigenvalue weighted by molar-refractivity contribution is -0.125. The zero-order valence-electron chi connectivity index (χ0n) is 21.2. The van der Waals surface area contributed by atoms with Gasteiger partial charge in [-0.1, -0.05) is 32.8 Å². The number of piperidine rings is 1. The molecule has 1 N–H and O–H groups in total. The van der Waals surface area contributed by atoms with Gasteiger partial charge in [0, 0.05) is 41.4 Å². The van der Waals surface area contributed by atoms with Gasteiger partial charge in [0.15, 0.2) is 0 Å². The number of hydrogen-bond donors (Lipinski definition) is 1. The Morgan fingerprint density at radius 3 is 2.49 bits per heavy atom. The zero-order valence-corrected chi connectivity index (χ0v) is 22.1. The summed E-state index contributed by atoms with van der Waals surface area (Å²) in [6.45, 7) is 14.8. The minimum absolute atomic E-state index is 0.00615. The van der Waals surface area contributed by atoms with Crippen molar-refractivity contribution in [1.29, 1.82) is 0 Å². The molecule has 1 aliphatic carbocycles. The summed E-state index contributed by atoms with van der Waals surface area (Å²) in [4.78, 5) is 20.4. The third-order valence-corrected chi connectivity index (χ3v) is 9.51. The smallest absolute Gasteiger partial charge is 0.241 e. The van der Waals surface area contributed by atoms with E-state index in [1.807, 2.05) is 12.1 Å². The Kier molecular flexibility index (Phi) is 7.26. The molecule has 35 heavy (non-hydrogen) atoms. The van der Waals surface area contributed by atoms with Crippen molar-refractivity contribution in [3.05, 3.63) is 40.1 Å². The Morgan fingerprint density at radius 1 is 1.14 bits per heavy atom. The third-order valence-electron chi connectivity index (χ3n) is 8.42. The van der Waals surface area contributed by atoms with E-state index in [4.69, 9.17) is 6.57 Å². The minimum atomic E-state index is -0.00615. The van der Waals surface area contributed by atoms with Crippen molar-refractivity contribution in [3.8, 4) is 0 Å². The second kappa shape index (κ2) is 10.4. The fourth-order valence-corrected chi connectivity index (χ4v) is 7.56. The number of rotatable bonds is 8. The van der Waals surface area contributed by atoms with E-state index in [1.54, 1.807) is 0 Å².